The highest BCUT2D eigenvalue weighted by Crippen LogP contribution is 2.33. The summed E-state index contributed by atoms with van der Waals surface area (Å²) in [4.78, 5) is 39.5. The minimum absolute atomic E-state index is 0.220. The maximum absolute atomic E-state index is 12.5. The number of pyridine rings is 1. The van der Waals surface area contributed by atoms with E-state index in [1.165, 1.54) is 7.11 Å². The van der Waals surface area contributed by atoms with Crippen molar-refractivity contribution in [3.05, 3.63) is 59.9 Å². The predicted molar refractivity (Wildman–Crippen MR) is 112 cm³/mol. The summed E-state index contributed by atoms with van der Waals surface area (Å²) in [7, 11) is 1.20. The lowest BCUT2D eigenvalue weighted by atomic mass is 10.1. The molecule has 0 saturated carbocycles. The number of amides is 2. The number of ether oxygens (including phenoxy) is 2. The van der Waals surface area contributed by atoms with Crippen LogP contribution in [-0.2, 0) is 14.3 Å². The summed E-state index contributed by atoms with van der Waals surface area (Å²) in [6.45, 7) is 0.999. The second-order valence-corrected chi connectivity index (χ2v) is 6.55. The molecule has 2 amide bonds. The largest absolute Gasteiger partial charge is 0.505 e. The van der Waals surface area contributed by atoms with Crippen LogP contribution >= 0.6 is 0 Å². The first-order valence-corrected chi connectivity index (χ1v) is 9.37. The van der Waals surface area contributed by atoms with Crippen molar-refractivity contribution >= 4 is 28.6 Å². The van der Waals surface area contributed by atoms with Gasteiger partial charge in [-0.25, -0.2) is 4.98 Å². The summed E-state index contributed by atoms with van der Waals surface area (Å²) in [6, 6.07) is 14.3. The number of hydrogen-bond acceptors (Lipinski definition) is 7. The van der Waals surface area contributed by atoms with Crippen molar-refractivity contribution in [1.82, 2.24) is 15.6 Å². The van der Waals surface area contributed by atoms with E-state index in [2.05, 4.69) is 20.4 Å². The fraction of sp³-hybridized carbons (Fsp3) is 0.182. The number of carbonyl (C=O) groups is 3. The maximum Gasteiger partial charge on any atom is 0.325 e. The van der Waals surface area contributed by atoms with Crippen molar-refractivity contribution in [2.24, 2.45) is 0 Å². The Balaban J connectivity index is 1.78. The van der Waals surface area contributed by atoms with Crippen molar-refractivity contribution in [3.8, 4) is 17.2 Å². The third kappa shape index (κ3) is 5.27. The molecular weight excluding hydrogens is 402 g/mol. The molecule has 9 heteroatoms. The second-order valence-electron chi connectivity index (χ2n) is 6.55. The fourth-order valence-corrected chi connectivity index (χ4v) is 2.84. The van der Waals surface area contributed by atoms with Crippen LogP contribution in [0.15, 0.2) is 48.5 Å². The molecule has 0 fully saturated rings. The molecule has 3 N–H and O–H groups in total. The second kappa shape index (κ2) is 9.57. The highest BCUT2D eigenvalue weighted by Gasteiger charge is 2.19. The van der Waals surface area contributed by atoms with Gasteiger partial charge in [-0.1, -0.05) is 18.2 Å². The summed E-state index contributed by atoms with van der Waals surface area (Å²) >= 11 is 0. The van der Waals surface area contributed by atoms with E-state index in [1.807, 2.05) is 18.2 Å². The quantitative estimate of drug-likeness (QED) is 0.497. The van der Waals surface area contributed by atoms with Crippen LogP contribution in [0.3, 0.4) is 0 Å². The van der Waals surface area contributed by atoms with E-state index >= 15 is 0 Å². The van der Waals surface area contributed by atoms with Crippen LogP contribution in [0.5, 0.6) is 17.2 Å². The maximum atomic E-state index is 12.5. The van der Waals surface area contributed by atoms with Crippen LogP contribution in [0, 0.1) is 6.92 Å². The molecule has 0 aliphatic rings. The first kappa shape index (κ1) is 21.6. The number of methoxy groups -OCH3 is 1. The van der Waals surface area contributed by atoms with E-state index in [1.54, 1.807) is 37.3 Å². The monoisotopic (exact) mass is 423 g/mol. The Morgan fingerprint density at radius 3 is 2.42 bits per heavy atom. The molecule has 3 rings (SSSR count). The van der Waals surface area contributed by atoms with Crippen LogP contribution in [0.1, 0.15) is 16.2 Å². The normalized spacial score (nSPS) is 10.4. The Bertz CT molecular complexity index is 1130. The van der Waals surface area contributed by atoms with Crippen LogP contribution in [0.25, 0.3) is 10.8 Å². The number of fused-ring (bicyclic) bond motifs is 1. The summed E-state index contributed by atoms with van der Waals surface area (Å²) in [5, 5.41) is 16.4. The Hall–Kier alpha value is -4.14. The third-order valence-electron chi connectivity index (χ3n) is 4.40. The summed E-state index contributed by atoms with van der Waals surface area (Å²) in [5.41, 5.74) is 0.307. The molecule has 0 aliphatic heterocycles. The topological polar surface area (TPSA) is 127 Å². The van der Waals surface area contributed by atoms with Crippen molar-refractivity contribution in [3.63, 3.8) is 0 Å². The van der Waals surface area contributed by atoms with Gasteiger partial charge < -0.3 is 25.2 Å². The zero-order chi connectivity index (χ0) is 22.4. The van der Waals surface area contributed by atoms with Crippen LogP contribution in [0.2, 0.25) is 0 Å². The van der Waals surface area contributed by atoms with Gasteiger partial charge in [0.1, 0.15) is 18.0 Å². The standard InChI is InChI=1S/C22H21N3O6/c1-13-16-9-8-15(31-14-6-4-3-5-7-14)10-17(16)21(28)20(25-13)22(29)24-11-18(26)23-12-19(27)30-2/h3-10,28H,11-12H2,1-2H3,(H,23,26)(H,24,29). The van der Waals surface area contributed by atoms with Crippen molar-refractivity contribution in [2.45, 2.75) is 6.92 Å². The number of nitrogens with one attached hydrogen (secondary N) is 2. The Morgan fingerprint density at radius 2 is 1.71 bits per heavy atom. The molecule has 1 aromatic heterocycles. The van der Waals surface area contributed by atoms with Crippen LogP contribution in [0.4, 0.5) is 0 Å². The molecule has 0 aliphatic carbocycles. The molecule has 0 radical (unpaired) electrons. The zero-order valence-corrected chi connectivity index (χ0v) is 17.0. The SMILES string of the molecule is COC(=O)CNC(=O)CNC(=O)c1nc(C)c2ccc(Oc3ccccc3)cc2c1O. The van der Waals surface area contributed by atoms with Gasteiger partial charge >= 0.3 is 5.97 Å². The van der Waals surface area contributed by atoms with E-state index in [0.29, 0.717) is 28.0 Å². The molecule has 0 saturated heterocycles. The van der Waals surface area contributed by atoms with Gasteiger partial charge in [0.05, 0.1) is 13.7 Å². The average Bonchev–Trinajstić information content (AvgIpc) is 2.78. The van der Waals surface area contributed by atoms with Gasteiger partial charge in [-0.15, -0.1) is 0 Å². The Kier molecular flexibility index (Phi) is 6.66. The number of nitrogens with zero attached hydrogens (tertiary/aromatic N) is 1. The van der Waals surface area contributed by atoms with E-state index in [0.717, 1.165) is 0 Å². The van der Waals surface area contributed by atoms with Gasteiger partial charge in [0.2, 0.25) is 5.91 Å². The van der Waals surface area contributed by atoms with Crippen molar-refractivity contribution in [2.75, 3.05) is 20.2 Å². The highest BCUT2D eigenvalue weighted by atomic mass is 16.5. The van der Waals surface area contributed by atoms with E-state index < -0.39 is 24.3 Å². The first-order chi connectivity index (χ1) is 14.9. The van der Waals surface area contributed by atoms with E-state index in [4.69, 9.17) is 4.74 Å². The minimum atomic E-state index is -0.731. The zero-order valence-electron chi connectivity index (χ0n) is 17.0. The lowest BCUT2D eigenvalue weighted by Gasteiger charge is -2.12. The molecule has 0 spiro atoms. The molecule has 1 heterocycles. The number of aromatic nitrogens is 1. The molecule has 3 aromatic rings. The number of aryl methyl sites for hydroxylation is 1. The van der Waals surface area contributed by atoms with Crippen LogP contribution in [-0.4, -0.2) is 48.1 Å². The number of carbonyl (C=O) groups excluding carboxylic acids is 3. The molecule has 0 bridgehead atoms. The number of hydrogen-bond donors (Lipinski definition) is 3. The Labute approximate surface area is 178 Å². The summed E-state index contributed by atoms with van der Waals surface area (Å²) < 4.78 is 10.2. The van der Waals surface area contributed by atoms with Crippen molar-refractivity contribution in [1.29, 1.82) is 0 Å². The smallest absolute Gasteiger partial charge is 0.325 e. The van der Waals surface area contributed by atoms with Gasteiger partial charge in [0, 0.05) is 16.5 Å². The van der Waals surface area contributed by atoms with Gasteiger partial charge in [0.15, 0.2) is 11.4 Å². The van der Waals surface area contributed by atoms with Gasteiger partial charge in [-0.05, 0) is 37.3 Å². The average molecular weight is 423 g/mol. The lowest BCUT2D eigenvalue weighted by molar-refractivity contribution is -0.141. The number of para-hydroxylation sites is 1. The molecule has 2 aromatic carbocycles. The highest BCUT2D eigenvalue weighted by molar-refractivity contribution is 6.03. The molecule has 9 nitrogen and oxygen atoms in total. The van der Waals surface area contributed by atoms with Crippen molar-refractivity contribution < 1.29 is 29.0 Å². The number of esters is 1. The Morgan fingerprint density at radius 1 is 0.968 bits per heavy atom. The van der Waals surface area contributed by atoms with Gasteiger partial charge in [0.25, 0.3) is 5.91 Å². The summed E-state index contributed by atoms with van der Waals surface area (Å²) in [6.07, 6.45) is 0. The number of benzene rings is 2. The minimum Gasteiger partial charge on any atom is -0.505 e. The first-order valence-electron chi connectivity index (χ1n) is 9.37. The van der Waals surface area contributed by atoms with E-state index in [9.17, 15) is 19.5 Å². The van der Waals surface area contributed by atoms with Gasteiger partial charge in [-0.2, -0.15) is 0 Å². The number of aromatic hydroxyl groups is 1. The lowest BCUT2D eigenvalue weighted by Crippen LogP contribution is -2.39. The third-order valence-corrected chi connectivity index (χ3v) is 4.40. The van der Waals surface area contributed by atoms with Gasteiger partial charge in [-0.3, -0.25) is 14.4 Å². The number of rotatable bonds is 7. The molecular formula is C22H21N3O6. The molecule has 0 atom stereocenters. The molecule has 160 valence electrons. The summed E-state index contributed by atoms with van der Waals surface area (Å²) in [5.74, 6) is -1.15. The van der Waals surface area contributed by atoms with Crippen LogP contribution < -0.4 is 15.4 Å². The molecule has 0 unspecified atom stereocenters. The molecule has 31 heavy (non-hydrogen) atoms. The predicted octanol–water partition coefficient (Wildman–Crippen LogP) is 2.06. The van der Waals surface area contributed by atoms with E-state index in [-0.39, 0.29) is 18.0 Å². The fourth-order valence-electron chi connectivity index (χ4n) is 2.84.